The van der Waals surface area contributed by atoms with E-state index in [4.69, 9.17) is 4.74 Å². The van der Waals surface area contributed by atoms with Crippen molar-refractivity contribution in [3.8, 4) is 0 Å². The summed E-state index contributed by atoms with van der Waals surface area (Å²) in [5.41, 5.74) is 1.08. The van der Waals surface area contributed by atoms with E-state index in [1.54, 1.807) is 0 Å². The summed E-state index contributed by atoms with van der Waals surface area (Å²) in [6.45, 7) is 5.74. The molecule has 5 nitrogen and oxygen atoms in total. The van der Waals surface area contributed by atoms with E-state index in [9.17, 15) is 19.5 Å². The lowest BCUT2D eigenvalue weighted by Crippen LogP contribution is -2.59. The molecule has 0 aliphatic heterocycles. The average Bonchev–Trinajstić information content (AvgIpc) is 3.05. The van der Waals surface area contributed by atoms with Gasteiger partial charge in [-0.1, -0.05) is 19.4 Å². The van der Waals surface area contributed by atoms with Gasteiger partial charge in [-0.3, -0.25) is 14.4 Å². The molecule has 0 heterocycles. The van der Waals surface area contributed by atoms with Crippen LogP contribution in [-0.4, -0.2) is 35.4 Å². The lowest BCUT2D eigenvalue weighted by Gasteiger charge is -2.62. The summed E-state index contributed by atoms with van der Waals surface area (Å²) in [5, 5.41) is 11.3. The van der Waals surface area contributed by atoms with E-state index < -0.39 is 12.1 Å². The van der Waals surface area contributed by atoms with Crippen molar-refractivity contribution in [1.29, 1.82) is 0 Å². The van der Waals surface area contributed by atoms with Gasteiger partial charge in [0.25, 0.3) is 0 Å². The summed E-state index contributed by atoms with van der Waals surface area (Å²) in [4.78, 5) is 35.8. The quantitative estimate of drug-likeness (QED) is 0.751. The number of aliphatic hydroxyl groups is 1. The fourth-order valence-corrected chi connectivity index (χ4v) is 7.56. The van der Waals surface area contributed by atoms with Crippen LogP contribution in [0.15, 0.2) is 11.6 Å². The first-order valence-corrected chi connectivity index (χ1v) is 10.7. The lowest BCUT2D eigenvalue weighted by molar-refractivity contribution is -0.157. The van der Waals surface area contributed by atoms with Crippen LogP contribution >= 0.6 is 0 Å². The first-order chi connectivity index (χ1) is 13.2. The third kappa shape index (κ3) is 2.89. The molecule has 4 aliphatic carbocycles. The van der Waals surface area contributed by atoms with E-state index in [-0.39, 0.29) is 46.8 Å². The molecule has 0 spiro atoms. The summed E-state index contributed by atoms with van der Waals surface area (Å²) in [7, 11) is 0. The number of Topliss-reactive ketones (excluding diaryl/α,β-unsaturated/α-hetero) is 1. The van der Waals surface area contributed by atoms with Crippen molar-refractivity contribution in [1.82, 2.24) is 0 Å². The molecule has 0 amide bonds. The molecule has 5 heteroatoms. The third-order valence-corrected chi connectivity index (χ3v) is 8.69. The molecule has 1 unspecified atom stereocenters. The average molecular weight is 389 g/mol. The molecule has 0 aromatic heterocycles. The van der Waals surface area contributed by atoms with Gasteiger partial charge in [0.2, 0.25) is 0 Å². The number of hydrogen-bond acceptors (Lipinski definition) is 5. The number of aliphatic hydroxyl groups excluding tert-OH is 1. The summed E-state index contributed by atoms with van der Waals surface area (Å²) in [6, 6.07) is 0. The molecule has 7 atom stereocenters. The number of ether oxygens (including phenoxy) is 1. The van der Waals surface area contributed by atoms with Crippen molar-refractivity contribution in [3.05, 3.63) is 11.6 Å². The smallest absolute Gasteiger partial charge is 0.303 e. The van der Waals surface area contributed by atoms with Crippen LogP contribution in [0.3, 0.4) is 0 Å². The second-order valence-electron chi connectivity index (χ2n) is 10.0. The minimum absolute atomic E-state index is 0.00261. The zero-order valence-electron chi connectivity index (χ0n) is 17.2. The predicted molar refractivity (Wildman–Crippen MR) is 103 cm³/mol. The van der Waals surface area contributed by atoms with Crippen LogP contribution in [0.1, 0.15) is 65.7 Å². The maximum absolute atomic E-state index is 12.7. The maximum Gasteiger partial charge on any atom is 0.303 e. The van der Waals surface area contributed by atoms with Gasteiger partial charge >= 0.3 is 5.97 Å². The predicted octanol–water partition coefficient (Wildman–Crippen LogP) is 3.24. The van der Waals surface area contributed by atoms with Gasteiger partial charge < -0.3 is 9.84 Å². The van der Waals surface area contributed by atoms with Crippen LogP contribution in [0.4, 0.5) is 0 Å². The number of hydrogen-bond donors (Lipinski definition) is 1. The molecule has 28 heavy (non-hydrogen) atoms. The summed E-state index contributed by atoms with van der Waals surface area (Å²) < 4.78 is 4.96. The van der Waals surface area contributed by atoms with Gasteiger partial charge in [-0.2, -0.15) is 0 Å². The molecule has 0 aromatic carbocycles. The number of ketones is 2. The molecular weight excluding hydrogens is 356 g/mol. The molecule has 1 N–H and O–H groups in total. The van der Waals surface area contributed by atoms with Gasteiger partial charge in [-0.05, 0) is 73.2 Å². The van der Waals surface area contributed by atoms with Crippen molar-refractivity contribution >= 4 is 17.5 Å². The Morgan fingerprint density at radius 3 is 2.68 bits per heavy atom. The number of carbonyl (C=O) groups excluding carboxylic acids is 3. The van der Waals surface area contributed by atoms with Gasteiger partial charge in [0.15, 0.2) is 11.6 Å². The SMILES string of the molecule is CC(=O)OCC(=O)[C@H]1CC[C@@H]2C1C[C@H](O)[C@H]1[C@@]2(C)CCC2=CC(=O)CC[C@@]21C. The second kappa shape index (κ2) is 6.79. The summed E-state index contributed by atoms with van der Waals surface area (Å²) in [6.07, 6.45) is 7.11. The number of allylic oxidation sites excluding steroid dienone is 1. The van der Waals surface area contributed by atoms with Crippen LogP contribution in [0.2, 0.25) is 0 Å². The monoisotopic (exact) mass is 388 g/mol. The topological polar surface area (TPSA) is 80.7 Å². The molecular formula is C23H32O5. The van der Waals surface area contributed by atoms with Crippen molar-refractivity contribution in [2.24, 2.45) is 34.5 Å². The Hall–Kier alpha value is -1.49. The van der Waals surface area contributed by atoms with E-state index in [1.165, 1.54) is 12.5 Å². The van der Waals surface area contributed by atoms with Gasteiger partial charge in [0.05, 0.1) is 6.10 Å². The highest BCUT2D eigenvalue weighted by atomic mass is 16.5. The van der Waals surface area contributed by atoms with E-state index in [2.05, 4.69) is 13.8 Å². The fraction of sp³-hybridized carbons (Fsp3) is 0.783. The minimum Gasteiger partial charge on any atom is -0.458 e. The van der Waals surface area contributed by atoms with Crippen LogP contribution in [0.5, 0.6) is 0 Å². The lowest BCUT2D eigenvalue weighted by atomic mass is 9.43. The zero-order valence-corrected chi connectivity index (χ0v) is 17.2. The number of fused-ring (bicyclic) bond motifs is 5. The van der Waals surface area contributed by atoms with Crippen molar-refractivity contribution in [3.63, 3.8) is 0 Å². The number of esters is 1. The van der Waals surface area contributed by atoms with Crippen LogP contribution in [0, 0.1) is 34.5 Å². The standard InChI is InChI=1S/C23H32O5/c1-13(24)28-12-20(27)16-4-5-18-17(16)11-19(26)21-22(2)9-7-15(25)10-14(22)6-8-23(18,21)3/h10,16-19,21,26H,4-9,11-12H2,1-3H3/t16-,17?,18+,19-,21+,22-,23-/m0/s1. The highest BCUT2D eigenvalue weighted by molar-refractivity contribution is 5.91. The molecule has 0 bridgehead atoms. The van der Waals surface area contributed by atoms with Crippen molar-refractivity contribution in [2.75, 3.05) is 6.61 Å². The van der Waals surface area contributed by atoms with Crippen molar-refractivity contribution in [2.45, 2.75) is 71.8 Å². The van der Waals surface area contributed by atoms with Crippen molar-refractivity contribution < 1.29 is 24.2 Å². The molecule has 3 fully saturated rings. The number of rotatable bonds is 3. The van der Waals surface area contributed by atoms with Crippen LogP contribution in [-0.2, 0) is 19.1 Å². The largest absolute Gasteiger partial charge is 0.458 e. The Morgan fingerprint density at radius 1 is 1.21 bits per heavy atom. The molecule has 0 saturated heterocycles. The Balaban J connectivity index is 1.61. The van der Waals surface area contributed by atoms with Crippen LogP contribution < -0.4 is 0 Å². The first-order valence-electron chi connectivity index (χ1n) is 10.7. The van der Waals surface area contributed by atoms with E-state index >= 15 is 0 Å². The molecule has 154 valence electrons. The molecule has 0 aromatic rings. The zero-order chi connectivity index (χ0) is 20.3. The number of carbonyl (C=O) groups is 3. The molecule has 3 saturated carbocycles. The van der Waals surface area contributed by atoms with Gasteiger partial charge in [-0.15, -0.1) is 0 Å². The normalized spacial score (nSPS) is 44.8. The van der Waals surface area contributed by atoms with E-state index in [0.717, 1.165) is 32.1 Å². The van der Waals surface area contributed by atoms with Gasteiger partial charge in [0.1, 0.15) is 6.61 Å². The Bertz CT molecular complexity index is 739. The minimum atomic E-state index is -0.463. The van der Waals surface area contributed by atoms with Gasteiger partial charge in [0, 0.05) is 19.3 Å². The summed E-state index contributed by atoms with van der Waals surface area (Å²) >= 11 is 0. The van der Waals surface area contributed by atoms with Gasteiger partial charge in [-0.25, -0.2) is 0 Å². The Kier molecular flexibility index (Phi) is 4.80. The third-order valence-electron chi connectivity index (χ3n) is 8.69. The molecule has 4 aliphatic rings. The molecule has 0 radical (unpaired) electrons. The van der Waals surface area contributed by atoms with E-state index in [1.807, 2.05) is 6.08 Å². The second-order valence-corrected chi connectivity index (χ2v) is 10.0. The Morgan fingerprint density at radius 2 is 1.96 bits per heavy atom. The highest BCUT2D eigenvalue weighted by Crippen LogP contribution is 2.68. The van der Waals surface area contributed by atoms with E-state index in [0.29, 0.717) is 18.8 Å². The maximum atomic E-state index is 12.7. The Labute approximate surface area is 166 Å². The first kappa shape index (κ1) is 19.8. The fourth-order valence-electron chi connectivity index (χ4n) is 7.56. The van der Waals surface area contributed by atoms with Crippen LogP contribution in [0.25, 0.3) is 0 Å². The highest BCUT2D eigenvalue weighted by Gasteiger charge is 2.63. The molecule has 4 rings (SSSR count). The summed E-state index contributed by atoms with van der Waals surface area (Å²) in [5.74, 6) is 0.386.